The van der Waals surface area contributed by atoms with Gasteiger partial charge in [-0.15, -0.1) is 6.58 Å². The lowest BCUT2D eigenvalue weighted by molar-refractivity contribution is 0.170. The van der Waals surface area contributed by atoms with E-state index in [0.29, 0.717) is 0 Å². The molecule has 2 aliphatic rings. The quantitative estimate of drug-likeness (QED) is 0.736. The summed E-state index contributed by atoms with van der Waals surface area (Å²) in [5, 5.41) is 20.1. The predicted octanol–water partition coefficient (Wildman–Crippen LogP) is 2.75. The van der Waals surface area contributed by atoms with Crippen molar-refractivity contribution in [2.45, 2.75) is 38.9 Å². The summed E-state index contributed by atoms with van der Waals surface area (Å²) >= 11 is 0. The normalized spacial score (nSPS) is 39.4. The van der Waals surface area contributed by atoms with Gasteiger partial charge in [-0.2, -0.15) is 0 Å². The number of hydrogen-bond acceptors (Lipinski definition) is 2. The molecule has 0 spiro atoms. The monoisotopic (exact) mass is 246 g/mol. The third-order valence-electron chi connectivity index (χ3n) is 4.45. The van der Waals surface area contributed by atoms with E-state index in [4.69, 9.17) is 0 Å². The minimum Gasteiger partial charge on any atom is -0.385 e. The lowest BCUT2D eigenvalue weighted by Gasteiger charge is -2.44. The maximum absolute atomic E-state index is 10.1. The summed E-state index contributed by atoms with van der Waals surface area (Å²) in [5.74, 6) is 0.280. The maximum Gasteiger partial charge on any atom is 0.0936 e. The van der Waals surface area contributed by atoms with Gasteiger partial charge in [0.15, 0.2) is 0 Å². The number of hydrogen-bond donors (Lipinski definition) is 2. The molecule has 0 saturated heterocycles. The van der Waals surface area contributed by atoms with Crippen LogP contribution in [0.2, 0.25) is 0 Å². The van der Waals surface area contributed by atoms with Crippen LogP contribution in [0.5, 0.6) is 0 Å². The van der Waals surface area contributed by atoms with E-state index in [1.807, 2.05) is 13.0 Å². The van der Waals surface area contributed by atoms with Crippen molar-refractivity contribution in [1.82, 2.24) is 0 Å². The highest BCUT2D eigenvalue weighted by Gasteiger charge is 2.41. The molecule has 0 saturated carbocycles. The number of aliphatic hydroxyl groups excluding tert-OH is 2. The zero-order chi connectivity index (χ0) is 13.5. The summed E-state index contributed by atoms with van der Waals surface area (Å²) in [4.78, 5) is 0. The van der Waals surface area contributed by atoms with Crippen LogP contribution < -0.4 is 0 Å². The van der Waals surface area contributed by atoms with Crippen LogP contribution in [0.25, 0.3) is 0 Å². The molecule has 2 heteroatoms. The largest absolute Gasteiger partial charge is 0.385 e. The molecule has 0 aromatic rings. The first-order chi connectivity index (χ1) is 8.39. The Kier molecular flexibility index (Phi) is 3.35. The minimum absolute atomic E-state index is 0.0868. The topological polar surface area (TPSA) is 40.5 Å². The second-order valence-electron chi connectivity index (χ2n) is 5.81. The average Bonchev–Trinajstić information content (AvgIpc) is 2.33. The molecule has 2 unspecified atom stereocenters. The fourth-order valence-electron chi connectivity index (χ4n) is 3.23. The SMILES string of the molecule is C=C[C@@]1(C)CC2=C(C[C@H]1C(=C)C)C(O)C=CC2O. The Morgan fingerprint density at radius 1 is 1.33 bits per heavy atom. The van der Waals surface area contributed by atoms with E-state index in [1.54, 1.807) is 12.2 Å². The maximum atomic E-state index is 10.1. The second-order valence-corrected chi connectivity index (χ2v) is 5.81. The molecule has 0 radical (unpaired) electrons. The number of aliphatic hydroxyl groups is 2. The second kappa shape index (κ2) is 4.52. The molecule has 2 rings (SSSR count). The fourth-order valence-corrected chi connectivity index (χ4v) is 3.23. The lowest BCUT2D eigenvalue weighted by Crippen LogP contribution is -2.37. The van der Waals surface area contributed by atoms with Crippen LogP contribution in [-0.2, 0) is 0 Å². The third-order valence-corrected chi connectivity index (χ3v) is 4.45. The first kappa shape index (κ1) is 13.3. The highest BCUT2D eigenvalue weighted by Crippen LogP contribution is 2.49. The van der Waals surface area contributed by atoms with Crippen molar-refractivity contribution in [3.8, 4) is 0 Å². The number of allylic oxidation sites excluding steroid dienone is 2. The average molecular weight is 246 g/mol. The summed E-state index contributed by atoms with van der Waals surface area (Å²) in [6.07, 6.45) is 5.70. The first-order valence-corrected chi connectivity index (χ1v) is 6.44. The Hall–Kier alpha value is -1.12. The molecule has 98 valence electrons. The van der Waals surface area contributed by atoms with Gasteiger partial charge < -0.3 is 10.2 Å². The van der Waals surface area contributed by atoms with E-state index in [-0.39, 0.29) is 11.3 Å². The zero-order valence-electron chi connectivity index (χ0n) is 11.2. The molecular formula is C16H22O2. The van der Waals surface area contributed by atoms with Gasteiger partial charge in [-0.25, -0.2) is 0 Å². The van der Waals surface area contributed by atoms with E-state index in [2.05, 4.69) is 20.1 Å². The van der Waals surface area contributed by atoms with Crippen LogP contribution in [0.3, 0.4) is 0 Å². The molecule has 0 bridgehead atoms. The molecule has 2 aliphatic carbocycles. The van der Waals surface area contributed by atoms with E-state index < -0.39 is 12.2 Å². The van der Waals surface area contributed by atoms with Gasteiger partial charge in [-0.05, 0) is 42.2 Å². The van der Waals surface area contributed by atoms with Crippen LogP contribution in [0.1, 0.15) is 26.7 Å². The Labute approximate surface area is 109 Å². The highest BCUT2D eigenvalue weighted by molar-refractivity contribution is 5.39. The van der Waals surface area contributed by atoms with Gasteiger partial charge in [0.05, 0.1) is 12.2 Å². The Morgan fingerprint density at radius 3 is 2.39 bits per heavy atom. The van der Waals surface area contributed by atoms with Gasteiger partial charge in [-0.3, -0.25) is 0 Å². The van der Waals surface area contributed by atoms with Crippen molar-refractivity contribution in [3.63, 3.8) is 0 Å². The van der Waals surface area contributed by atoms with Crippen molar-refractivity contribution in [2.75, 3.05) is 0 Å². The highest BCUT2D eigenvalue weighted by atomic mass is 16.3. The van der Waals surface area contributed by atoms with Crippen molar-refractivity contribution in [2.24, 2.45) is 11.3 Å². The van der Waals surface area contributed by atoms with E-state index >= 15 is 0 Å². The Balaban J connectivity index is 2.43. The minimum atomic E-state index is -0.561. The van der Waals surface area contributed by atoms with Crippen LogP contribution >= 0.6 is 0 Å². The molecule has 0 aliphatic heterocycles. The smallest absolute Gasteiger partial charge is 0.0936 e. The molecule has 0 aromatic heterocycles. The number of rotatable bonds is 2. The fraction of sp³-hybridized carbons (Fsp3) is 0.500. The van der Waals surface area contributed by atoms with Gasteiger partial charge >= 0.3 is 0 Å². The van der Waals surface area contributed by atoms with E-state index in [1.165, 1.54) is 0 Å². The van der Waals surface area contributed by atoms with E-state index in [9.17, 15) is 10.2 Å². The predicted molar refractivity (Wildman–Crippen MR) is 74.0 cm³/mol. The van der Waals surface area contributed by atoms with Crippen LogP contribution in [0.4, 0.5) is 0 Å². The lowest BCUT2D eigenvalue weighted by atomic mass is 9.61. The summed E-state index contributed by atoms with van der Waals surface area (Å²) in [6, 6.07) is 0. The summed E-state index contributed by atoms with van der Waals surface area (Å²) in [7, 11) is 0. The molecule has 0 heterocycles. The van der Waals surface area contributed by atoms with Crippen molar-refractivity contribution in [3.05, 3.63) is 48.1 Å². The van der Waals surface area contributed by atoms with Crippen LogP contribution in [-0.4, -0.2) is 22.4 Å². The summed E-state index contributed by atoms with van der Waals surface area (Å²) in [5.41, 5.74) is 2.96. The molecule has 2 N–H and O–H groups in total. The van der Waals surface area contributed by atoms with Gasteiger partial charge in [0, 0.05) is 0 Å². The third kappa shape index (κ3) is 2.00. The zero-order valence-corrected chi connectivity index (χ0v) is 11.2. The summed E-state index contributed by atoms with van der Waals surface area (Å²) < 4.78 is 0. The molecule has 4 atom stereocenters. The molecule has 0 aromatic carbocycles. The Morgan fingerprint density at radius 2 is 1.89 bits per heavy atom. The van der Waals surface area contributed by atoms with Crippen LogP contribution in [0.15, 0.2) is 48.1 Å². The molecule has 0 fully saturated rings. The van der Waals surface area contributed by atoms with Crippen molar-refractivity contribution in [1.29, 1.82) is 0 Å². The molecule has 18 heavy (non-hydrogen) atoms. The molecular weight excluding hydrogens is 224 g/mol. The van der Waals surface area contributed by atoms with Crippen LogP contribution in [0, 0.1) is 11.3 Å². The van der Waals surface area contributed by atoms with Gasteiger partial charge in [0.1, 0.15) is 0 Å². The van der Waals surface area contributed by atoms with E-state index in [0.717, 1.165) is 29.6 Å². The molecule has 0 amide bonds. The van der Waals surface area contributed by atoms with Crippen molar-refractivity contribution >= 4 is 0 Å². The Bertz CT molecular complexity index is 444. The molecule has 2 nitrogen and oxygen atoms in total. The van der Waals surface area contributed by atoms with Gasteiger partial charge in [-0.1, -0.05) is 37.3 Å². The first-order valence-electron chi connectivity index (χ1n) is 6.44. The van der Waals surface area contributed by atoms with Gasteiger partial charge in [0.2, 0.25) is 0 Å². The summed E-state index contributed by atoms with van der Waals surface area (Å²) in [6.45, 7) is 12.2. The standard InChI is InChI=1S/C16H22O2/c1-5-16(4)9-12-11(8-13(16)10(2)3)14(17)6-7-15(12)18/h5-7,13-15,17-18H,1-2,8-9H2,3-4H3/t13-,14?,15?,16-/m0/s1. The van der Waals surface area contributed by atoms with Crippen molar-refractivity contribution < 1.29 is 10.2 Å². The van der Waals surface area contributed by atoms with Gasteiger partial charge in [0.25, 0.3) is 0 Å².